The van der Waals surface area contributed by atoms with Crippen LogP contribution in [0.4, 0.5) is 0 Å². The third-order valence-electron chi connectivity index (χ3n) is 4.85. The van der Waals surface area contributed by atoms with Gasteiger partial charge < -0.3 is 4.90 Å². The number of hydrogen-bond acceptors (Lipinski definition) is 2. The fourth-order valence-electron chi connectivity index (χ4n) is 3.30. The van der Waals surface area contributed by atoms with Crippen LogP contribution in [0.25, 0.3) is 0 Å². The maximum atomic E-state index is 12.6. The smallest absolute Gasteiger partial charge is 0.166 e. The maximum Gasteiger partial charge on any atom is 0.166 e. The predicted octanol–water partition coefficient (Wildman–Crippen LogP) is 4.13. The van der Waals surface area contributed by atoms with Gasteiger partial charge in [-0.2, -0.15) is 0 Å². The second-order valence-corrected chi connectivity index (χ2v) is 6.58. The number of likely N-dealkylation sites (tertiary alicyclic amines) is 1. The fraction of sp³-hybridized carbons (Fsp3) is 0.381. The van der Waals surface area contributed by atoms with Crippen molar-refractivity contribution in [1.82, 2.24) is 4.90 Å². The molecule has 0 atom stereocenters. The first-order valence-electron chi connectivity index (χ1n) is 8.59. The van der Waals surface area contributed by atoms with Crippen LogP contribution in [0, 0.1) is 12.8 Å². The van der Waals surface area contributed by atoms with E-state index in [0.717, 1.165) is 44.5 Å². The van der Waals surface area contributed by atoms with Gasteiger partial charge in [-0.1, -0.05) is 60.2 Å². The molecule has 2 aromatic carbocycles. The van der Waals surface area contributed by atoms with E-state index >= 15 is 0 Å². The molecule has 1 heterocycles. The minimum Gasteiger partial charge on any atom is -0.303 e. The Labute approximate surface area is 139 Å². The van der Waals surface area contributed by atoms with E-state index in [9.17, 15) is 4.79 Å². The van der Waals surface area contributed by atoms with Crippen LogP contribution < -0.4 is 0 Å². The third-order valence-corrected chi connectivity index (χ3v) is 4.85. The number of carbonyl (C=O) groups excluding carboxylic acids is 1. The van der Waals surface area contributed by atoms with E-state index < -0.39 is 0 Å². The summed E-state index contributed by atoms with van der Waals surface area (Å²) in [7, 11) is 0. The number of piperidine rings is 1. The second-order valence-electron chi connectivity index (χ2n) is 6.58. The van der Waals surface area contributed by atoms with E-state index in [0.29, 0.717) is 5.78 Å². The zero-order valence-electron chi connectivity index (χ0n) is 13.9. The average Bonchev–Trinajstić information content (AvgIpc) is 2.61. The standard InChI is InChI=1S/C21H25NO/c1-17-7-9-19(10-8-17)21(23)20-12-15-22(16-13-20)14-11-18-5-3-2-4-6-18/h2-10,20H,11-16H2,1H3. The molecule has 0 aromatic heterocycles. The number of aryl methyl sites for hydroxylation is 1. The summed E-state index contributed by atoms with van der Waals surface area (Å²) >= 11 is 0. The molecule has 0 aliphatic carbocycles. The fourth-order valence-corrected chi connectivity index (χ4v) is 3.30. The first kappa shape index (κ1) is 15.9. The molecule has 0 unspecified atom stereocenters. The van der Waals surface area contributed by atoms with Crippen molar-refractivity contribution >= 4 is 5.78 Å². The molecule has 1 fully saturated rings. The Bertz CT molecular complexity index is 625. The van der Waals surface area contributed by atoms with Gasteiger partial charge in [-0.05, 0) is 44.8 Å². The summed E-state index contributed by atoms with van der Waals surface area (Å²) in [6, 6.07) is 18.6. The number of Topliss-reactive ketones (excluding diaryl/α,β-unsaturated/α-hetero) is 1. The molecule has 1 saturated heterocycles. The van der Waals surface area contributed by atoms with Crippen molar-refractivity contribution < 1.29 is 4.79 Å². The van der Waals surface area contributed by atoms with Crippen LogP contribution in [0.3, 0.4) is 0 Å². The van der Waals surface area contributed by atoms with Gasteiger partial charge in [-0.25, -0.2) is 0 Å². The minimum absolute atomic E-state index is 0.200. The maximum absolute atomic E-state index is 12.6. The first-order valence-corrected chi connectivity index (χ1v) is 8.59. The summed E-state index contributed by atoms with van der Waals surface area (Å²) in [6.45, 7) is 5.22. The van der Waals surface area contributed by atoms with Crippen LogP contribution >= 0.6 is 0 Å². The van der Waals surface area contributed by atoms with Crippen molar-refractivity contribution in [1.29, 1.82) is 0 Å². The molecule has 2 aromatic rings. The lowest BCUT2D eigenvalue weighted by Gasteiger charge is -2.31. The van der Waals surface area contributed by atoms with Gasteiger partial charge in [0.25, 0.3) is 0 Å². The lowest BCUT2D eigenvalue weighted by Crippen LogP contribution is -2.37. The highest BCUT2D eigenvalue weighted by Gasteiger charge is 2.25. The lowest BCUT2D eigenvalue weighted by molar-refractivity contribution is 0.0841. The molecular formula is C21H25NO. The number of nitrogens with zero attached hydrogens (tertiary/aromatic N) is 1. The number of rotatable bonds is 5. The van der Waals surface area contributed by atoms with Gasteiger partial charge in [0.2, 0.25) is 0 Å². The summed E-state index contributed by atoms with van der Waals surface area (Å²) in [5.74, 6) is 0.526. The second kappa shape index (κ2) is 7.56. The SMILES string of the molecule is Cc1ccc(C(=O)C2CCN(CCc3ccccc3)CC2)cc1. The molecule has 1 aliphatic heterocycles. The molecule has 1 aliphatic rings. The molecule has 3 rings (SSSR count). The van der Waals surface area contributed by atoms with Crippen molar-refractivity contribution in [3.8, 4) is 0 Å². The summed E-state index contributed by atoms with van der Waals surface area (Å²) in [6.07, 6.45) is 3.07. The Morgan fingerprint density at radius 3 is 2.30 bits per heavy atom. The van der Waals surface area contributed by atoms with Gasteiger partial charge in [0, 0.05) is 18.0 Å². The van der Waals surface area contributed by atoms with E-state index in [1.807, 2.05) is 24.3 Å². The van der Waals surface area contributed by atoms with E-state index in [2.05, 4.69) is 42.2 Å². The molecule has 0 radical (unpaired) electrons. The summed E-state index contributed by atoms with van der Waals surface area (Å²) in [5, 5.41) is 0. The number of benzene rings is 2. The van der Waals surface area contributed by atoms with Gasteiger partial charge in [-0.3, -0.25) is 4.79 Å². The van der Waals surface area contributed by atoms with Crippen LogP contribution in [-0.4, -0.2) is 30.3 Å². The van der Waals surface area contributed by atoms with E-state index in [4.69, 9.17) is 0 Å². The molecular weight excluding hydrogens is 282 g/mol. The normalized spacial score (nSPS) is 16.4. The molecule has 2 heteroatoms. The molecule has 0 bridgehead atoms. The first-order chi connectivity index (χ1) is 11.2. The van der Waals surface area contributed by atoms with Gasteiger partial charge >= 0.3 is 0 Å². The monoisotopic (exact) mass is 307 g/mol. The Hall–Kier alpha value is -1.93. The van der Waals surface area contributed by atoms with E-state index in [-0.39, 0.29) is 5.92 Å². The highest BCUT2D eigenvalue weighted by molar-refractivity contribution is 5.97. The molecule has 0 spiro atoms. The van der Waals surface area contributed by atoms with Crippen molar-refractivity contribution in [2.24, 2.45) is 5.92 Å². The molecule has 0 amide bonds. The van der Waals surface area contributed by atoms with Crippen molar-refractivity contribution in [3.05, 3.63) is 71.3 Å². The zero-order valence-corrected chi connectivity index (χ0v) is 13.9. The van der Waals surface area contributed by atoms with Gasteiger partial charge in [0.1, 0.15) is 0 Å². The molecule has 23 heavy (non-hydrogen) atoms. The van der Waals surface area contributed by atoms with Crippen molar-refractivity contribution in [2.45, 2.75) is 26.2 Å². The quantitative estimate of drug-likeness (QED) is 0.774. The van der Waals surface area contributed by atoms with Gasteiger partial charge in [0.05, 0.1) is 0 Å². The number of carbonyl (C=O) groups is 1. The van der Waals surface area contributed by atoms with Gasteiger partial charge in [-0.15, -0.1) is 0 Å². The summed E-state index contributed by atoms with van der Waals surface area (Å²) in [4.78, 5) is 15.1. The summed E-state index contributed by atoms with van der Waals surface area (Å²) < 4.78 is 0. The predicted molar refractivity (Wildman–Crippen MR) is 94.8 cm³/mol. The summed E-state index contributed by atoms with van der Waals surface area (Å²) in [5.41, 5.74) is 3.47. The van der Waals surface area contributed by atoms with Crippen LogP contribution in [-0.2, 0) is 6.42 Å². The van der Waals surface area contributed by atoms with Crippen LogP contribution in [0.15, 0.2) is 54.6 Å². The zero-order chi connectivity index (χ0) is 16.1. The van der Waals surface area contributed by atoms with Gasteiger partial charge in [0.15, 0.2) is 5.78 Å². The Balaban J connectivity index is 1.48. The molecule has 0 N–H and O–H groups in total. The highest BCUT2D eigenvalue weighted by atomic mass is 16.1. The Morgan fingerprint density at radius 1 is 1.00 bits per heavy atom. The Morgan fingerprint density at radius 2 is 1.65 bits per heavy atom. The van der Waals surface area contributed by atoms with Crippen LogP contribution in [0.2, 0.25) is 0 Å². The van der Waals surface area contributed by atoms with Crippen molar-refractivity contribution in [2.75, 3.05) is 19.6 Å². The molecule has 0 saturated carbocycles. The Kier molecular flexibility index (Phi) is 5.24. The lowest BCUT2D eigenvalue weighted by atomic mass is 9.88. The molecule has 2 nitrogen and oxygen atoms in total. The number of hydrogen-bond donors (Lipinski definition) is 0. The molecule has 120 valence electrons. The van der Waals surface area contributed by atoms with E-state index in [1.54, 1.807) is 0 Å². The largest absolute Gasteiger partial charge is 0.303 e. The minimum atomic E-state index is 0.200. The number of ketones is 1. The van der Waals surface area contributed by atoms with Crippen molar-refractivity contribution in [3.63, 3.8) is 0 Å². The van der Waals surface area contributed by atoms with Crippen LogP contribution in [0.5, 0.6) is 0 Å². The third kappa shape index (κ3) is 4.29. The van der Waals surface area contributed by atoms with E-state index in [1.165, 1.54) is 11.1 Å². The van der Waals surface area contributed by atoms with Crippen LogP contribution in [0.1, 0.15) is 34.3 Å². The highest BCUT2D eigenvalue weighted by Crippen LogP contribution is 2.22. The topological polar surface area (TPSA) is 20.3 Å². The average molecular weight is 307 g/mol.